The average molecular weight is 880 g/mol. The van der Waals surface area contributed by atoms with Crippen molar-refractivity contribution in [2.45, 2.75) is 119 Å². The molecule has 23 nitrogen and oxygen atoms in total. The molecule has 2 aliphatic rings. The molecule has 7 atom stereocenters. The van der Waals surface area contributed by atoms with Crippen molar-refractivity contribution in [3.8, 4) is 0 Å². The van der Waals surface area contributed by atoms with E-state index in [1.807, 2.05) is 11.8 Å². The summed E-state index contributed by atoms with van der Waals surface area (Å²) in [6, 6.07) is -3.21. The number of H-pyrrole nitrogens is 1. The Morgan fingerprint density at radius 1 is 0.836 bits per heavy atom. The predicted octanol–water partition coefficient (Wildman–Crippen LogP) is -3.20. The van der Waals surface area contributed by atoms with Crippen LogP contribution in [0, 0.1) is 5.92 Å². The molecule has 0 spiro atoms. The van der Waals surface area contributed by atoms with Crippen molar-refractivity contribution in [3.05, 3.63) is 18.2 Å². The standard InChI is InChI=1S/C37H61N13O10S/c1-21(45-36(58)25(15-23-16-40-20-44-23)47-35(57)22(8-4-6-12-38)14-29(52)50-60)34(56)43-17-30(53)42-18-31(54)46-24(33(39)55)9-5-7-13-41-28(51)11-3-2-10-27-32-26(19-61-27)48-37(59)49-32/h16,20-22,24-27,32,60H,2-15,17-19,38H2,1H3,(H2,39,55)(H,40,44)(H,41,51)(H,42,53)(H,43,56)(H,45,58)(H,46,54)(H,47,57)(H,50,52)(H2,48,49,59)/t21-,22?,24-,25-,26-,27-,32-/m0/s1. The fraction of sp³-hybridized carbons (Fsp3) is 0.676. The van der Waals surface area contributed by atoms with Crippen molar-refractivity contribution < 1.29 is 48.4 Å². The van der Waals surface area contributed by atoms with Crippen LogP contribution in [0.15, 0.2) is 12.5 Å². The Morgan fingerprint density at radius 3 is 2.30 bits per heavy atom. The van der Waals surface area contributed by atoms with E-state index in [9.17, 15) is 43.2 Å². The van der Waals surface area contributed by atoms with Gasteiger partial charge in [0.1, 0.15) is 18.1 Å². The topological polar surface area (TPSA) is 363 Å². The molecule has 15 N–H and O–H groups in total. The monoisotopic (exact) mass is 879 g/mol. The molecule has 0 bridgehead atoms. The normalized spacial score (nSPS) is 18.5. The third-order valence-electron chi connectivity index (χ3n) is 10.2. The van der Waals surface area contributed by atoms with E-state index < -0.39 is 78.5 Å². The lowest BCUT2D eigenvalue weighted by atomic mass is 9.96. The fourth-order valence-electron chi connectivity index (χ4n) is 6.78. The number of nitrogens with one attached hydrogen (secondary N) is 10. The molecule has 0 aromatic carbocycles. The third-order valence-corrected chi connectivity index (χ3v) is 11.7. The lowest BCUT2D eigenvalue weighted by Crippen LogP contribution is -2.55. The molecule has 10 amide bonds. The van der Waals surface area contributed by atoms with Crippen molar-refractivity contribution >= 4 is 65.1 Å². The number of nitrogens with two attached hydrogens (primary N) is 2. The van der Waals surface area contributed by atoms with Gasteiger partial charge in [0.05, 0.1) is 31.5 Å². The number of nitrogens with zero attached hydrogens (tertiary/aromatic N) is 1. The maximum Gasteiger partial charge on any atom is 0.315 e. The van der Waals surface area contributed by atoms with Crippen LogP contribution in [0.2, 0.25) is 0 Å². The fourth-order valence-corrected chi connectivity index (χ4v) is 8.33. The molecule has 0 aliphatic carbocycles. The van der Waals surface area contributed by atoms with Crippen LogP contribution in [-0.2, 0) is 44.8 Å². The van der Waals surface area contributed by atoms with E-state index in [0.717, 1.165) is 25.0 Å². The Kier molecular flexibility index (Phi) is 21.8. The highest BCUT2D eigenvalue weighted by Gasteiger charge is 2.42. The number of aromatic nitrogens is 2. The first-order valence-corrected chi connectivity index (χ1v) is 21.5. The lowest BCUT2D eigenvalue weighted by molar-refractivity contribution is -0.136. The third kappa shape index (κ3) is 18.3. The first-order valence-electron chi connectivity index (χ1n) is 20.5. The van der Waals surface area contributed by atoms with Crippen molar-refractivity contribution in [1.29, 1.82) is 0 Å². The predicted molar refractivity (Wildman–Crippen MR) is 221 cm³/mol. The van der Waals surface area contributed by atoms with E-state index in [1.165, 1.54) is 24.9 Å². The number of fused-ring (bicyclic) bond motifs is 1. The number of thioether (sulfide) groups is 1. The molecule has 61 heavy (non-hydrogen) atoms. The number of hydroxylamine groups is 1. The van der Waals surface area contributed by atoms with Gasteiger partial charge in [-0.2, -0.15) is 11.8 Å². The zero-order chi connectivity index (χ0) is 44.7. The van der Waals surface area contributed by atoms with Crippen LogP contribution in [0.4, 0.5) is 4.79 Å². The molecule has 3 rings (SSSR count). The second-order valence-corrected chi connectivity index (χ2v) is 16.3. The molecular weight excluding hydrogens is 819 g/mol. The number of carbonyl (C=O) groups excluding carboxylic acids is 9. The number of urea groups is 1. The molecule has 1 unspecified atom stereocenters. The Balaban J connectivity index is 1.33. The lowest BCUT2D eigenvalue weighted by Gasteiger charge is -2.23. The Labute approximate surface area is 357 Å². The van der Waals surface area contributed by atoms with Crippen molar-refractivity contribution in [2.24, 2.45) is 17.4 Å². The molecular formula is C37H61N13O10S. The zero-order valence-electron chi connectivity index (χ0n) is 34.3. The molecule has 1 aromatic heterocycles. The zero-order valence-corrected chi connectivity index (χ0v) is 35.2. The van der Waals surface area contributed by atoms with Gasteiger partial charge in [0, 0.05) is 54.6 Å². The largest absolute Gasteiger partial charge is 0.368 e. The maximum atomic E-state index is 13.3. The Morgan fingerprint density at radius 2 is 1.59 bits per heavy atom. The van der Waals surface area contributed by atoms with Crippen LogP contribution in [-0.4, -0.2) is 136 Å². The van der Waals surface area contributed by atoms with Crippen molar-refractivity contribution in [2.75, 3.05) is 31.9 Å². The van der Waals surface area contributed by atoms with Crippen LogP contribution in [0.25, 0.3) is 0 Å². The summed E-state index contributed by atoms with van der Waals surface area (Å²) in [4.78, 5) is 119. The number of unbranched alkanes of at least 4 members (excludes halogenated alkanes) is 3. The van der Waals surface area contributed by atoms with Gasteiger partial charge in [0.15, 0.2) is 0 Å². The Bertz CT molecular complexity index is 1650. The number of hydrogen-bond donors (Lipinski definition) is 13. The molecule has 0 saturated carbocycles. The van der Waals surface area contributed by atoms with E-state index in [-0.39, 0.29) is 49.7 Å². The maximum absolute atomic E-state index is 13.3. The molecule has 24 heteroatoms. The number of aromatic amines is 1. The molecule has 2 saturated heterocycles. The average Bonchev–Trinajstić information content (AvgIpc) is 3.97. The quantitative estimate of drug-likeness (QED) is 0.0163. The van der Waals surface area contributed by atoms with Crippen molar-refractivity contribution in [3.63, 3.8) is 0 Å². The summed E-state index contributed by atoms with van der Waals surface area (Å²) >= 11 is 1.83. The van der Waals surface area contributed by atoms with Gasteiger partial charge < -0.3 is 59.0 Å². The van der Waals surface area contributed by atoms with Gasteiger partial charge in [0.25, 0.3) is 0 Å². The summed E-state index contributed by atoms with van der Waals surface area (Å²) in [6.45, 7) is 1.04. The molecule has 0 radical (unpaired) electrons. The van der Waals surface area contributed by atoms with Gasteiger partial charge in [-0.05, 0) is 58.4 Å². The number of imidazole rings is 1. The first-order chi connectivity index (χ1) is 29.2. The smallest absolute Gasteiger partial charge is 0.315 e. The van der Waals surface area contributed by atoms with E-state index in [1.54, 1.807) is 0 Å². The molecule has 2 fully saturated rings. The minimum atomic E-state index is -1.21. The minimum Gasteiger partial charge on any atom is -0.368 e. The molecule has 340 valence electrons. The number of primary amides is 1. The highest BCUT2D eigenvalue weighted by atomic mass is 32.2. The van der Waals surface area contributed by atoms with E-state index in [2.05, 4.69) is 52.5 Å². The molecule has 1 aromatic rings. The molecule has 2 aliphatic heterocycles. The first kappa shape index (κ1) is 49.9. The van der Waals surface area contributed by atoms with Gasteiger partial charge >= 0.3 is 6.03 Å². The summed E-state index contributed by atoms with van der Waals surface area (Å²) in [5.41, 5.74) is 13.0. The van der Waals surface area contributed by atoms with Gasteiger partial charge in [0.2, 0.25) is 47.3 Å². The number of amides is 10. The van der Waals surface area contributed by atoms with Crippen LogP contribution in [0.3, 0.4) is 0 Å². The van der Waals surface area contributed by atoms with Crippen LogP contribution in [0.5, 0.6) is 0 Å². The molecule has 3 heterocycles. The minimum absolute atomic E-state index is 0.0439. The van der Waals surface area contributed by atoms with Gasteiger partial charge in [-0.3, -0.25) is 43.6 Å². The van der Waals surface area contributed by atoms with Crippen LogP contribution >= 0.6 is 11.8 Å². The summed E-state index contributed by atoms with van der Waals surface area (Å²) in [5.74, 6) is -5.19. The highest BCUT2D eigenvalue weighted by Crippen LogP contribution is 2.33. The van der Waals surface area contributed by atoms with Crippen LogP contribution in [0.1, 0.15) is 83.2 Å². The van der Waals surface area contributed by atoms with Gasteiger partial charge in [-0.15, -0.1) is 0 Å². The van der Waals surface area contributed by atoms with E-state index in [0.29, 0.717) is 56.1 Å². The summed E-state index contributed by atoms with van der Waals surface area (Å²) in [5, 5.41) is 30.3. The second-order valence-electron chi connectivity index (χ2n) is 15.0. The highest BCUT2D eigenvalue weighted by molar-refractivity contribution is 8.00. The van der Waals surface area contributed by atoms with Crippen molar-refractivity contribution in [1.82, 2.24) is 58.0 Å². The Hall–Kier alpha value is -5.49. The number of carbonyl (C=O) groups is 9. The van der Waals surface area contributed by atoms with Crippen LogP contribution < -0.4 is 59.5 Å². The summed E-state index contributed by atoms with van der Waals surface area (Å²) < 4.78 is 0. The van der Waals surface area contributed by atoms with E-state index in [4.69, 9.17) is 16.7 Å². The SMILES string of the molecule is C[C@H](NC(=O)[C@H](Cc1cnc[nH]1)NC(=O)C(CCCCN)CC(=O)NO)C(=O)NCC(=O)NCC(=O)N[C@@H](CCCCNC(=O)CCCC[C@@H]1SC[C@@H]2NC(=O)N[C@@H]21)C(N)=O. The summed E-state index contributed by atoms with van der Waals surface area (Å²) in [7, 11) is 0. The number of rotatable bonds is 29. The van der Waals surface area contributed by atoms with E-state index >= 15 is 0 Å². The number of hydrogen-bond acceptors (Lipinski definition) is 13. The van der Waals surface area contributed by atoms with Gasteiger partial charge in [-0.1, -0.05) is 12.8 Å². The second kappa shape index (κ2) is 26.7. The van der Waals surface area contributed by atoms with Gasteiger partial charge in [-0.25, -0.2) is 15.3 Å². The summed E-state index contributed by atoms with van der Waals surface area (Å²) in [6.07, 6.45) is 7.92.